The monoisotopic (exact) mass is 404 g/mol. The lowest BCUT2D eigenvalue weighted by Crippen LogP contribution is -2.09. The van der Waals surface area contributed by atoms with Gasteiger partial charge in [0, 0.05) is 16.5 Å². The molecule has 1 N–H and O–H groups in total. The number of aliphatic hydroxyl groups excluding tert-OH is 1. The van der Waals surface area contributed by atoms with Crippen LogP contribution in [0.4, 0.5) is 0 Å². The van der Waals surface area contributed by atoms with Gasteiger partial charge in [-0.05, 0) is 53.6 Å². The molecular weight excluding hydrogens is 387 g/mol. The molecule has 1 unspecified atom stereocenters. The van der Waals surface area contributed by atoms with Crippen LogP contribution in [0.1, 0.15) is 36.9 Å². The molecule has 5 heteroatoms. The summed E-state index contributed by atoms with van der Waals surface area (Å²) >= 11 is 8.62. The molecule has 0 saturated heterocycles. The van der Waals surface area contributed by atoms with Gasteiger partial charge >= 0.3 is 0 Å². The van der Waals surface area contributed by atoms with Crippen molar-refractivity contribution in [2.24, 2.45) is 0 Å². The Morgan fingerprint density at radius 1 is 1.40 bits per heavy atom. The van der Waals surface area contributed by atoms with E-state index < -0.39 is 6.10 Å². The van der Waals surface area contributed by atoms with Gasteiger partial charge in [-0.2, -0.15) is 5.10 Å². The van der Waals surface area contributed by atoms with Gasteiger partial charge in [0.15, 0.2) is 0 Å². The summed E-state index contributed by atoms with van der Waals surface area (Å²) in [5.41, 5.74) is 2.73. The Morgan fingerprint density at radius 2 is 2.15 bits per heavy atom. The van der Waals surface area contributed by atoms with Crippen molar-refractivity contribution < 1.29 is 5.11 Å². The highest BCUT2D eigenvalue weighted by molar-refractivity contribution is 14.1. The van der Waals surface area contributed by atoms with Crippen LogP contribution in [-0.2, 0) is 19.4 Å². The summed E-state index contributed by atoms with van der Waals surface area (Å²) in [6.45, 7) is 4.83. The number of aryl methyl sites for hydroxylation is 2. The standard InChI is InChI=1S/C15H18ClIN2O/c1-3-12-15(16)13(19(4-2)18-12)9-14(20)10-6-5-7-11(17)8-10/h5-8,14,20H,3-4,9H2,1-2H3. The van der Waals surface area contributed by atoms with Crippen LogP contribution in [0.25, 0.3) is 0 Å². The second-order valence-electron chi connectivity index (χ2n) is 4.65. The molecule has 0 aliphatic heterocycles. The number of nitrogens with zero attached hydrogens (tertiary/aromatic N) is 2. The molecule has 0 aliphatic rings. The number of aromatic nitrogens is 2. The number of rotatable bonds is 5. The molecule has 1 heterocycles. The summed E-state index contributed by atoms with van der Waals surface area (Å²) in [6.07, 6.45) is 0.728. The van der Waals surface area contributed by atoms with Gasteiger partial charge in [-0.15, -0.1) is 0 Å². The molecule has 1 aromatic carbocycles. The van der Waals surface area contributed by atoms with Crippen LogP contribution in [-0.4, -0.2) is 14.9 Å². The van der Waals surface area contributed by atoms with E-state index in [9.17, 15) is 5.11 Å². The van der Waals surface area contributed by atoms with Crippen molar-refractivity contribution in [1.29, 1.82) is 0 Å². The zero-order valence-corrected chi connectivity index (χ0v) is 14.5. The Hall–Kier alpha value is -0.590. The highest BCUT2D eigenvalue weighted by Crippen LogP contribution is 2.27. The van der Waals surface area contributed by atoms with Crippen molar-refractivity contribution >= 4 is 34.2 Å². The van der Waals surface area contributed by atoms with E-state index in [1.54, 1.807) is 0 Å². The molecule has 0 amide bonds. The van der Waals surface area contributed by atoms with Crippen molar-refractivity contribution in [2.75, 3.05) is 0 Å². The molecule has 108 valence electrons. The highest BCUT2D eigenvalue weighted by Gasteiger charge is 2.18. The fraction of sp³-hybridized carbons (Fsp3) is 0.400. The zero-order chi connectivity index (χ0) is 14.7. The molecule has 0 radical (unpaired) electrons. The number of halogens is 2. The Balaban J connectivity index is 2.27. The van der Waals surface area contributed by atoms with Crippen LogP contribution in [0, 0.1) is 3.57 Å². The van der Waals surface area contributed by atoms with Gasteiger partial charge in [0.1, 0.15) is 0 Å². The lowest BCUT2D eigenvalue weighted by atomic mass is 10.0. The minimum Gasteiger partial charge on any atom is -0.388 e. The van der Waals surface area contributed by atoms with Gasteiger partial charge in [-0.3, -0.25) is 4.68 Å². The third kappa shape index (κ3) is 3.35. The number of benzene rings is 1. The predicted molar refractivity (Wildman–Crippen MR) is 90.1 cm³/mol. The van der Waals surface area contributed by atoms with Gasteiger partial charge in [-0.25, -0.2) is 0 Å². The Kier molecular flexibility index (Phi) is 5.46. The van der Waals surface area contributed by atoms with Gasteiger partial charge in [0.2, 0.25) is 0 Å². The van der Waals surface area contributed by atoms with Crippen molar-refractivity contribution in [1.82, 2.24) is 9.78 Å². The van der Waals surface area contributed by atoms with Gasteiger partial charge in [-0.1, -0.05) is 30.7 Å². The average Bonchev–Trinajstić information content (AvgIpc) is 2.75. The average molecular weight is 405 g/mol. The first-order valence-corrected chi connectivity index (χ1v) is 8.20. The number of hydrogen-bond donors (Lipinski definition) is 1. The van der Waals surface area contributed by atoms with E-state index in [0.29, 0.717) is 11.4 Å². The molecule has 2 rings (SSSR count). The molecule has 0 aliphatic carbocycles. The quantitative estimate of drug-likeness (QED) is 0.765. The number of hydrogen-bond acceptors (Lipinski definition) is 2. The Labute approximate surface area is 138 Å². The van der Waals surface area contributed by atoms with Crippen molar-refractivity contribution in [3.8, 4) is 0 Å². The Morgan fingerprint density at radius 3 is 2.75 bits per heavy atom. The molecule has 20 heavy (non-hydrogen) atoms. The van der Waals surface area contributed by atoms with E-state index in [1.807, 2.05) is 42.8 Å². The van der Waals surface area contributed by atoms with Gasteiger partial charge in [0.25, 0.3) is 0 Å². The van der Waals surface area contributed by atoms with Crippen LogP contribution in [0.2, 0.25) is 5.02 Å². The van der Waals surface area contributed by atoms with Crippen LogP contribution < -0.4 is 0 Å². The molecule has 0 fully saturated rings. The summed E-state index contributed by atoms with van der Waals surface area (Å²) in [7, 11) is 0. The third-order valence-corrected chi connectivity index (χ3v) is 4.42. The maximum Gasteiger partial charge on any atom is 0.0851 e. The molecule has 3 nitrogen and oxygen atoms in total. The van der Waals surface area contributed by atoms with E-state index in [0.717, 1.165) is 33.5 Å². The molecule has 0 saturated carbocycles. The molecule has 1 atom stereocenters. The fourth-order valence-corrected chi connectivity index (χ4v) is 3.14. The van der Waals surface area contributed by atoms with Crippen LogP contribution in [0.5, 0.6) is 0 Å². The second-order valence-corrected chi connectivity index (χ2v) is 6.28. The number of aliphatic hydroxyl groups is 1. The molecule has 2 aromatic rings. The minimum absolute atomic E-state index is 0.486. The van der Waals surface area contributed by atoms with E-state index in [4.69, 9.17) is 11.6 Å². The summed E-state index contributed by atoms with van der Waals surface area (Å²) < 4.78 is 3.00. The van der Waals surface area contributed by atoms with E-state index in [1.165, 1.54) is 0 Å². The van der Waals surface area contributed by atoms with Crippen LogP contribution >= 0.6 is 34.2 Å². The SMILES string of the molecule is CCc1nn(CC)c(CC(O)c2cccc(I)c2)c1Cl. The van der Waals surface area contributed by atoms with Gasteiger partial charge < -0.3 is 5.11 Å². The topological polar surface area (TPSA) is 38.0 Å². The highest BCUT2D eigenvalue weighted by atomic mass is 127. The largest absolute Gasteiger partial charge is 0.388 e. The summed E-state index contributed by atoms with van der Waals surface area (Å²) in [5.74, 6) is 0. The fourth-order valence-electron chi connectivity index (χ4n) is 2.23. The van der Waals surface area contributed by atoms with Gasteiger partial charge in [0.05, 0.1) is 22.5 Å². The lowest BCUT2D eigenvalue weighted by Gasteiger charge is -2.13. The van der Waals surface area contributed by atoms with Crippen molar-refractivity contribution in [3.63, 3.8) is 0 Å². The van der Waals surface area contributed by atoms with E-state index >= 15 is 0 Å². The summed E-state index contributed by atoms with van der Waals surface area (Å²) in [4.78, 5) is 0. The zero-order valence-electron chi connectivity index (χ0n) is 11.6. The summed E-state index contributed by atoms with van der Waals surface area (Å²) in [5, 5.41) is 15.6. The smallest absolute Gasteiger partial charge is 0.0851 e. The van der Waals surface area contributed by atoms with E-state index in [2.05, 4.69) is 27.7 Å². The maximum absolute atomic E-state index is 10.4. The van der Waals surface area contributed by atoms with Crippen molar-refractivity contribution in [2.45, 2.75) is 39.3 Å². The second kappa shape index (κ2) is 6.91. The maximum atomic E-state index is 10.4. The lowest BCUT2D eigenvalue weighted by molar-refractivity contribution is 0.175. The van der Waals surface area contributed by atoms with Crippen molar-refractivity contribution in [3.05, 3.63) is 49.8 Å². The molecule has 0 bridgehead atoms. The molecular formula is C15H18ClIN2O. The first-order chi connectivity index (χ1) is 9.56. The molecule has 0 spiro atoms. The Bertz CT molecular complexity index is 598. The van der Waals surface area contributed by atoms with Crippen LogP contribution in [0.3, 0.4) is 0 Å². The minimum atomic E-state index is -0.561. The summed E-state index contributed by atoms with van der Waals surface area (Å²) in [6, 6.07) is 7.90. The normalized spacial score (nSPS) is 12.7. The predicted octanol–water partition coefficient (Wildman–Crippen LogP) is 4.00. The molecule has 1 aromatic heterocycles. The first-order valence-electron chi connectivity index (χ1n) is 6.74. The van der Waals surface area contributed by atoms with Crippen LogP contribution in [0.15, 0.2) is 24.3 Å². The first kappa shape index (κ1) is 15.8. The third-order valence-electron chi connectivity index (χ3n) is 3.31. The van der Waals surface area contributed by atoms with E-state index in [-0.39, 0.29) is 0 Å².